The van der Waals surface area contributed by atoms with Crippen molar-refractivity contribution in [2.75, 3.05) is 6.54 Å². The summed E-state index contributed by atoms with van der Waals surface area (Å²) in [6.07, 6.45) is 0.618. The topological polar surface area (TPSA) is 46.2 Å². The van der Waals surface area contributed by atoms with E-state index in [2.05, 4.69) is 5.32 Å². The summed E-state index contributed by atoms with van der Waals surface area (Å²) in [5.74, 6) is 0. The first-order valence-corrected chi connectivity index (χ1v) is 8.57. The van der Waals surface area contributed by atoms with Crippen LogP contribution in [0.1, 0.15) is 45.7 Å². The van der Waals surface area contributed by atoms with Crippen LogP contribution in [0, 0.1) is 0 Å². The van der Waals surface area contributed by atoms with E-state index in [1.165, 1.54) is 0 Å². The molecule has 1 rings (SSSR count). The molecule has 2 atom stereocenters. The predicted octanol–water partition coefficient (Wildman–Crippen LogP) is 2.94. The van der Waals surface area contributed by atoms with Crippen molar-refractivity contribution in [2.24, 2.45) is 0 Å². The number of nitrogens with one attached hydrogen (secondary N) is 1. The van der Waals surface area contributed by atoms with Crippen LogP contribution in [0.15, 0.2) is 30.3 Å². The molecule has 0 aromatic heterocycles. The van der Waals surface area contributed by atoms with E-state index in [1.54, 1.807) is 13.8 Å². The van der Waals surface area contributed by atoms with Crippen LogP contribution < -0.4 is 5.32 Å². The van der Waals surface area contributed by atoms with Gasteiger partial charge in [-0.1, -0.05) is 44.2 Å². The smallest absolute Gasteiger partial charge is 0.157 e. The second-order valence-electron chi connectivity index (χ2n) is 5.03. The fraction of sp³-hybridized carbons (Fsp3) is 0.600. The number of hydrogen-bond acceptors (Lipinski definition) is 3. The zero-order valence-corrected chi connectivity index (χ0v) is 13.1. The van der Waals surface area contributed by atoms with Crippen molar-refractivity contribution in [3.05, 3.63) is 35.9 Å². The Morgan fingerprint density at radius 2 is 1.68 bits per heavy atom. The van der Waals surface area contributed by atoms with Gasteiger partial charge in [-0.25, -0.2) is 8.42 Å². The van der Waals surface area contributed by atoms with Gasteiger partial charge in [0, 0.05) is 6.04 Å². The fourth-order valence-electron chi connectivity index (χ4n) is 2.35. The molecule has 3 nitrogen and oxygen atoms in total. The Balaban J connectivity index is 3.17. The van der Waals surface area contributed by atoms with Crippen LogP contribution in [-0.4, -0.2) is 25.5 Å². The Labute approximate surface area is 117 Å². The Morgan fingerprint density at radius 1 is 1.11 bits per heavy atom. The molecular weight excluding hydrogens is 258 g/mol. The highest BCUT2D eigenvalue weighted by Gasteiger charge is 2.34. The zero-order valence-electron chi connectivity index (χ0n) is 12.3. The monoisotopic (exact) mass is 283 g/mol. The van der Waals surface area contributed by atoms with Gasteiger partial charge < -0.3 is 5.32 Å². The van der Waals surface area contributed by atoms with Crippen molar-refractivity contribution < 1.29 is 8.42 Å². The third-order valence-electron chi connectivity index (χ3n) is 3.44. The molecule has 0 radical (unpaired) electrons. The van der Waals surface area contributed by atoms with Crippen molar-refractivity contribution in [1.29, 1.82) is 0 Å². The molecule has 108 valence electrons. The summed E-state index contributed by atoms with van der Waals surface area (Å²) in [6, 6.07) is 9.70. The summed E-state index contributed by atoms with van der Waals surface area (Å²) >= 11 is 0. The minimum atomic E-state index is -3.12. The van der Waals surface area contributed by atoms with Gasteiger partial charge in [-0.05, 0) is 32.4 Å². The minimum absolute atomic E-state index is 0.136. The second kappa shape index (κ2) is 7.06. The molecule has 1 aromatic carbocycles. The van der Waals surface area contributed by atoms with Gasteiger partial charge in [0.25, 0.3) is 0 Å². The SMILES string of the molecule is CCNC(c1ccccc1)C(CC)S(=O)(=O)C(C)C. The van der Waals surface area contributed by atoms with E-state index >= 15 is 0 Å². The Morgan fingerprint density at radius 3 is 2.11 bits per heavy atom. The molecule has 0 heterocycles. The Hall–Kier alpha value is -0.870. The second-order valence-corrected chi connectivity index (χ2v) is 7.76. The van der Waals surface area contributed by atoms with Crippen LogP contribution in [-0.2, 0) is 9.84 Å². The minimum Gasteiger partial charge on any atom is -0.309 e. The first-order valence-electron chi connectivity index (χ1n) is 6.96. The van der Waals surface area contributed by atoms with Crippen LogP contribution in [0.2, 0.25) is 0 Å². The first-order chi connectivity index (χ1) is 8.95. The molecular formula is C15H25NO2S. The van der Waals surface area contributed by atoms with Crippen LogP contribution in [0.4, 0.5) is 0 Å². The number of rotatable bonds is 7. The summed E-state index contributed by atoms with van der Waals surface area (Å²) in [7, 11) is -3.12. The maximum Gasteiger partial charge on any atom is 0.157 e. The number of benzene rings is 1. The van der Waals surface area contributed by atoms with E-state index in [9.17, 15) is 8.42 Å². The van der Waals surface area contributed by atoms with Gasteiger partial charge in [-0.3, -0.25) is 0 Å². The fourth-order valence-corrected chi connectivity index (χ4v) is 4.15. The largest absolute Gasteiger partial charge is 0.309 e. The van der Waals surface area contributed by atoms with E-state index in [0.29, 0.717) is 6.42 Å². The highest BCUT2D eigenvalue weighted by Crippen LogP contribution is 2.27. The first kappa shape index (κ1) is 16.2. The van der Waals surface area contributed by atoms with Crippen molar-refractivity contribution in [2.45, 2.75) is 50.7 Å². The predicted molar refractivity (Wildman–Crippen MR) is 81.0 cm³/mol. The highest BCUT2D eigenvalue weighted by atomic mass is 32.2. The molecule has 2 unspecified atom stereocenters. The van der Waals surface area contributed by atoms with E-state index in [0.717, 1.165) is 12.1 Å². The molecule has 0 aliphatic rings. The number of sulfone groups is 1. The van der Waals surface area contributed by atoms with Crippen LogP contribution in [0.5, 0.6) is 0 Å². The zero-order chi connectivity index (χ0) is 14.5. The third kappa shape index (κ3) is 3.80. The van der Waals surface area contributed by atoms with Gasteiger partial charge in [-0.15, -0.1) is 0 Å². The molecule has 4 heteroatoms. The summed E-state index contributed by atoms with van der Waals surface area (Å²) < 4.78 is 25.0. The standard InChI is InChI=1S/C15H25NO2S/c1-5-14(19(17,18)12(3)4)15(16-6-2)13-10-8-7-9-11-13/h7-12,14-16H,5-6H2,1-4H3. The number of hydrogen-bond donors (Lipinski definition) is 1. The molecule has 1 aromatic rings. The molecule has 0 aliphatic heterocycles. The maximum absolute atomic E-state index is 12.5. The van der Waals surface area contributed by atoms with E-state index < -0.39 is 9.84 Å². The molecule has 0 aliphatic carbocycles. The van der Waals surface area contributed by atoms with Gasteiger partial charge in [0.2, 0.25) is 0 Å². The van der Waals surface area contributed by atoms with Crippen molar-refractivity contribution >= 4 is 9.84 Å². The van der Waals surface area contributed by atoms with Gasteiger partial charge >= 0.3 is 0 Å². The molecule has 0 fully saturated rings. The summed E-state index contributed by atoms with van der Waals surface area (Å²) in [6.45, 7) is 8.21. The van der Waals surface area contributed by atoms with Crippen molar-refractivity contribution in [3.8, 4) is 0 Å². The van der Waals surface area contributed by atoms with Gasteiger partial charge in [0.15, 0.2) is 9.84 Å². The molecule has 0 bridgehead atoms. The molecule has 0 amide bonds. The van der Waals surface area contributed by atoms with E-state index in [1.807, 2.05) is 44.2 Å². The van der Waals surface area contributed by atoms with E-state index in [-0.39, 0.29) is 16.5 Å². The Bertz CT molecular complexity index is 468. The lowest BCUT2D eigenvalue weighted by atomic mass is 10.0. The lowest BCUT2D eigenvalue weighted by molar-refractivity contribution is 0.483. The van der Waals surface area contributed by atoms with Crippen LogP contribution in [0.25, 0.3) is 0 Å². The van der Waals surface area contributed by atoms with Crippen molar-refractivity contribution in [1.82, 2.24) is 5.32 Å². The molecule has 0 saturated carbocycles. The van der Waals surface area contributed by atoms with Crippen LogP contribution >= 0.6 is 0 Å². The van der Waals surface area contributed by atoms with Gasteiger partial charge in [0.05, 0.1) is 10.5 Å². The average molecular weight is 283 g/mol. The Kier molecular flexibility index (Phi) is 6.01. The summed E-state index contributed by atoms with van der Waals surface area (Å²) in [5.41, 5.74) is 1.04. The third-order valence-corrected chi connectivity index (χ3v) is 6.20. The average Bonchev–Trinajstić information content (AvgIpc) is 2.39. The molecule has 0 spiro atoms. The quantitative estimate of drug-likeness (QED) is 0.837. The maximum atomic E-state index is 12.5. The van der Waals surface area contributed by atoms with E-state index in [4.69, 9.17) is 0 Å². The van der Waals surface area contributed by atoms with Gasteiger partial charge in [-0.2, -0.15) is 0 Å². The lowest BCUT2D eigenvalue weighted by Gasteiger charge is -2.28. The molecule has 19 heavy (non-hydrogen) atoms. The molecule has 1 N–H and O–H groups in total. The van der Waals surface area contributed by atoms with Gasteiger partial charge in [0.1, 0.15) is 0 Å². The normalized spacial score (nSPS) is 15.4. The summed E-state index contributed by atoms with van der Waals surface area (Å²) in [4.78, 5) is 0. The lowest BCUT2D eigenvalue weighted by Crippen LogP contribution is -2.40. The van der Waals surface area contributed by atoms with Crippen molar-refractivity contribution in [3.63, 3.8) is 0 Å². The summed E-state index contributed by atoms with van der Waals surface area (Å²) in [5, 5.41) is 2.61. The van der Waals surface area contributed by atoms with Crippen LogP contribution in [0.3, 0.4) is 0 Å². The molecule has 0 saturated heterocycles. The highest BCUT2D eigenvalue weighted by molar-refractivity contribution is 7.92.